The monoisotopic (exact) mass is 236 g/mol. The quantitative estimate of drug-likeness (QED) is 0.736. The van der Waals surface area contributed by atoms with Crippen molar-refractivity contribution < 1.29 is 4.39 Å². The van der Waals surface area contributed by atoms with Crippen LogP contribution in [0.4, 0.5) is 4.39 Å². The second-order valence-electron chi connectivity index (χ2n) is 2.37. The number of thiol groups is 1. The highest BCUT2D eigenvalue weighted by atomic mass is 35.5. The van der Waals surface area contributed by atoms with Crippen molar-refractivity contribution in [1.82, 2.24) is 0 Å². The van der Waals surface area contributed by atoms with Crippen LogP contribution < -0.4 is 0 Å². The zero-order valence-electron chi connectivity index (χ0n) is 6.60. The molecule has 0 saturated heterocycles. The molecule has 0 unspecified atom stereocenters. The van der Waals surface area contributed by atoms with Crippen molar-refractivity contribution in [2.24, 2.45) is 0 Å². The summed E-state index contributed by atoms with van der Waals surface area (Å²) >= 11 is 15.5. The Kier molecular flexibility index (Phi) is 4.10. The highest BCUT2D eigenvalue weighted by Crippen LogP contribution is 2.27. The lowest BCUT2D eigenvalue weighted by Gasteiger charge is -2.01. The standard InChI is InChI=1S/C9H7Cl2FS/c10-8-4-6(12)5-9(11)7(8)2-1-3-13/h1-2,4-5,13H,3H2. The summed E-state index contributed by atoms with van der Waals surface area (Å²) in [5.41, 5.74) is 0.624. The predicted molar refractivity (Wildman–Crippen MR) is 59.3 cm³/mol. The predicted octanol–water partition coefficient (Wildman–Crippen LogP) is 4.08. The van der Waals surface area contributed by atoms with E-state index < -0.39 is 5.82 Å². The fraction of sp³-hybridized carbons (Fsp3) is 0.111. The molecule has 4 heteroatoms. The van der Waals surface area contributed by atoms with Crippen molar-refractivity contribution in [2.75, 3.05) is 5.75 Å². The van der Waals surface area contributed by atoms with Crippen LogP contribution in [0.5, 0.6) is 0 Å². The summed E-state index contributed by atoms with van der Waals surface area (Å²) in [6, 6.07) is 2.46. The third-order valence-electron chi connectivity index (χ3n) is 1.43. The molecule has 0 amide bonds. The van der Waals surface area contributed by atoms with Crippen LogP contribution >= 0.6 is 35.8 Å². The van der Waals surface area contributed by atoms with Crippen LogP contribution in [0.3, 0.4) is 0 Å². The van der Waals surface area contributed by atoms with E-state index in [1.807, 2.05) is 0 Å². The maximum Gasteiger partial charge on any atom is 0.126 e. The van der Waals surface area contributed by atoms with E-state index in [0.29, 0.717) is 21.4 Å². The Balaban J connectivity index is 3.13. The summed E-state index contributed by atoms with van der Waals surface area (Å²) in [6.45, 7) is 0. The van der Waals surface area contributed by atoms with Crippen molar-refractivity contribution in [2.45, 2.75) is 0 Å². The van der Waals surface area contributed by atoms with E-state index in [9.17, 15) is 4.39 Å². The van der Waals surface area contributed by atoms with Gasteiger partial charge in [0, 0.05) is 11.3 Å². The first-order valence-corrected chi connectivity index (χ1v) is 4.96. The van der Waals surface area contributed by atoms with Crippen molar-refractivity contribution in [1.29, 1.82) is 0 Å². The molecule has 0 nitrogen and oxygen atoms in total. The van der Waals surface area contributed by atoms with E-state index in [1.54, 1.807) is 12.2 Å². The van der Waals surface area contributed by atoms with E-state index in [1.165, 1.54) is 12.1 Å². The molecule has 1 rings (SSSR count). The van der Waals surface area contributed by atoms with Crippen molar-refractivity contribution >= 4 is 41.9 Å². The molecule has 0 bridgehead atoms. The molecule has 0 radical (unpaired) electrons. The summed E-state index contributed by atoms with van der Waals surface area (Å²) in [4.78, 5) is 0. The fourth-order valence-electron chi connectivity index (χ4n) is 0.883. The lowest BCUT2D eigenvalue weighted by atomic mass is 10.2. The van der Waals surface area contributed by atoms with Gasteiger partial charge in [-0.05, 0) is 12.1 Å². The fourth-order valence-corrected chi connectivity index (χ4v) is 1.57. The topological polar surface area (TPSA) is 0 Å². The van der Waals surface area contributed by atoms with E-state index in [2.05, 4.69) is 12.6 Å². The molecule has 13 heavy (non-hydrogen) atoms. The number of halogens is 3. The summed E-state index contributed by atoms with van der Waals surface area (Å²) in [6.07, 6.45) is 3.51. The van der Waals surface area contributed by atoms with E-state index in [-0.39, 0.29) is 0 Å². The summed E-state index contributed by atoms with van der Waals surface area (Å²) < 4.78 is 12.7. The molecule has 0 spiro atoms. The molecule has 70 valence electrons. The third-order valence-corrected chi connectivity index (χ3v) is 2.27. The molecule has 0 aliphatic carbocycles. The highest BCUT2D eigenvalue weighted by molar-refractivity contribution is 7.80. The Bertz CT molecular complexity index is 313. The van der Waals surface area contributed by atoms with E-state index in [0.717, 1.165) is 0 Å². The highest BCUT2D eigenvalue weighted by Gasteiger charge is 2.04. The van der Waals surface area contributed by atoms with Gasteiger partial charge in [-0.3, -0.25) is 0 Å². The number of hydrogen-bond acceptors (Lipinski definition) is 1. The van der Waals surface area contributed by atoms with Crippen LogP contribution in [0.1, 0.15) is 5.56 Å². The minimum atomic E-state index is -0.432. The molecule has 0 fully saturated rings. The molecule has 0 N–H and O–H groups in total. The van der Waals surface area contributed by atoms with Gasteiger partial charge < -0.3 is 0 Å². The lowest BCUT2D eigenvalue weighted by molar-refractivity contribution is 0.628. The molecule has 1 aromatic rings. The number of benzene rings is 1. The zero-order valence-corrected chi connectivity index (χ0v) is 9.00. The van der Waals surface area contributed by atoms with Gasteiger partial charge in [0.2, 0.25) is 0 Å². The van der Waals surface area contributed by atoms with Gasteiger partial charge in [0.05, 0.1) is 10.0 Å². The van der Waals surface area contributed by atoms with Gasteiger partial charge in [-0.2, -0.15) is 12.6 Å². The molecular formula is C9H7Cl2FS. The minimum Gasteiger partial charge on any atom is -0.207 e. The normalized spacial score (nSPS) is 11.1. The van der Waals surface area contributed by atoms with Crippen molar-refractivity contribution in [3.63, 3.8) is 0 Å². The smallest absolute Gasteiger partial charge is 0.126 e. The molecule has 0 saturated carbocycles. The first-order valence-electron chi connectivity index (χ1n) is 3.57. The van der Waals surface area contributed by atoms with Crippen LogP contribution in [0.25, 0.3) is 6.08 Å². The SMILES string of the molecule is Fc1cc(Cl)c(C=CCS)c(Cl)c1. The Morgan fingerprint density at radius 3 is 2.31 bits per heavy atom. The lowest BCUT2D eigenvalue weighted by Crippen LogP contribution is -1.81. The Morgan fingerprint density at radius 1 is 1.31 bits per heavy atom. The summed E-state index contributed by atoms with van der Waals surface area (Å²) in [7, 11) is 0. The van der Waals surface area contributed by atoms with Gasteiger partial charge in [0.25, 0.3) is 0 Å². The van der Waals surface area contributed by atoms with E-state index in [4.69, 9.17) is 23.2 Å². The molecule has 0 atom stereocenters. The van der Waals surface area contributed by atoms with Gasteiger partial charge in [0.15, 0.2) is 0 Å². The number of hydrogen-bond donors (Lipinski definition) is 1. The van der Waals surface area contributed by atoms with Crippen LogP contribution in [-0.2, 0) is 0 Å². The van der Waals surface area contributed by atoms with Crippen LogP contribution in [0.2, 0.25) is 10.0 Å². The van der Waals surface area contributed by atoms with Crippen molar-refractivity contribution in [3.05, 3.63) is 39.6 Å². The first kappa shape index (κ1) is 10.9. The van der Waals surface area contributed by atoms with Gasteiger partial charge in [-0.25, -0.2) is 4.39 Å². The average Bonchev–Trinajstić information content (AvgIpc) is 2.02. The Labute approximate surface area is 91.8 Å². The molecule has 0 heterocycles. The van der Waals surface area contributed by atoms with Gasteiger partial charge in [0.1, 0.15) is 5.82 Å². The Morgan fingerprint density at radius 2 is 1.85 bits per heavy atom. The van der Waals surface area contributed by atoms with E-state index >= 15 is 0 Å². The van der Waals surface area contributed by atoms with Gasteiger partial charge >= 0.3 is 0 Å². The van der Waals surface area contributed by atoms with Crippen LogP contribution in [0, 0.1) is 5.82 Å². The van der Waals surface area contributed by atoms with Crippen LogP contribution in [0.15, 0.2) is 18.2 Å². The maximum absolute atomic E-state index is 12.7. The maximum atomic E-state index is 12.7. The molecule has 1 aromatic carbocycles. The van der Waals surface area contributed by atoms with Crippen LogP contribution in [-0.4, -0.2) is 5.75 Å². The molecule has 0 aliphatic rings. The molecule has 0 aromatic heterocycles. The summed E-state index contributed by atoms with van der Waals surface area (Å²) in [5.74, 6) is 0.155. The van der Waals surface area contributed by atoms with Crippen molar-refractivity contribution in [3.8, 4) is 0 Å². The molecule has 0 aliphatic heterocycles. The third kappa shape index (κ3) is 2.90. The largest absolute Gasteiger partial charge is 0.207 e. The second-order valence-corrected chi connectivity index (χ2v) is 3.55. The minimum absolute atomic E-state index is 0.308. The number of rotatable bonds is 2. The zero-order chi connectivity index (χ0) is 9.84. The van der Waals surface area contributed by atoms with Gasteiger partial charge in [-0.1, -0.05) is 35.4 Å². The summed E-state index contributed by atoms with van der Waals surface area (Å²) in [5, 5.41) is 0.617. The average molecular weight is 237 g/mol. The van der Waals surface area contributed by atoms with Gasteiger partial charge in [-0.15, -0.1) is 0 Å². The Hall–Kier alpha value is -0.180. The molecular weight excluding hydrogens is 230 g/mol. The second kappa shape index (κ2) is 4.89. The first-order chi connectivity index (χ1) is 6.15.